The molecule has 1 heterocycles. The Hall–Kier alpha value is -2.89. The highest BCUT2D eigenvalue weighted by molar-refractivity contribution is 5.81. The number of hydrogen-bond donors (Lipinski definition) is 1. The van der Waals surface area contributed by atoms with E-state index in [9.17, 15) is 14.0 Å². The number of piperidine rings is 1. The summed E-state index contributed by atoms with van der Waals surface area (Å²) < 4.78 is 13.8. The molecular formula is C25H32FN3O2. The predicted octanol–water partition coefficient (Wildman–Crippen LogP) is 4.66. The van der Waals surface area contributed by atoms with Gasteiger partial charge in [-0.05, 0) is 56.4 Å². The summed E-state index contributed by atoms with van der Waals surface area (Å²) in [5, 5.41) is 2.95. The summed E-state index contributed by atoms with van der Waals surface area (Å²) in [7, 11) is 1.81. The molecule has 2 aromatic rings. The number of hydrogen-bond acceptors (Lipinski definition) is 2. The normalized spacial score (nSPS) is 18.7. The van der Waals surface area contributed by atoms with Crippen LogP contribution in [0.1, 0.15) is 49.4 Å². The summed E-state index contributed by atoms with van der Waals surface area (Å²) in [5.41, 5.74) is 2.53. The Morgan fingerprint density at radius 1 is 1.16 bits per heavy atom. The fourth-order valence-electron chi connectivity index (χ4n) is 4.20. The second-order valence-corrected chi connectivity index (χ2v) is 8.74. The van der Waals surface area contributed by atoms with Crippen LogP contribution >= 0.6 is 0 Å². The van der Waals surface area contributed by atoms with Crippen LogP contribution in [-0.2, 0) is 11.3 Å². The fourth-order valence-corrected chi connectivity index (χ4v) is 4.20. The predicted molar refractivity (Wildman–Crippen MR) is 120 cm³/mol. The van der Waals surface area contributed by atoms with Crippen molar-refractivity contribution in [2.75, 3.05) is 13.6 Å². The first kappa shape index (κ1) is 22.8. The van der Waals surface area contributed by atoms with E-state index in [2.05, 4.69) is 5.32 Å². The number of benzene rings is 2. The number of aryl methyl sites for hydroxylation is 1. The second kappa shape index (κ2) is 9.94. The van der Waals surface area contributed by atoms with Gasteiger partial charge < -0.3 is 15.1 Å². The molecule has 1 fully saturated rings. The van der Waals surface area contributed by atoms with Gasteiger partial charge in [0, 0.05) is 26.2 Å². The monoisotopic (exact) mass is 425 g/mol. The van der Waals surface area contributed by atoms with E-state index in [1.54, 1.807) is 28.9 Å². The molecule has 0 saturated carbocycles. The van der Waals surface area contributed by atoms with E-state index in [1.807, 2.05) is 51.2 Å². The molecule has 1 saturated heterocycles. The van der Waals surface area contributed by atoms with Gasteiger partial charge in [0.1, 0.15) is 5.82 Å². The molecule has 0 spiro atoms. The Bertz CT molecular complexity index is 916. The van der Waals surface area contributed by atoms with Crippen molar-refractivity contribution in [3.05, 3.63) is 71.0 Å². The third-order valence-electron chi connectivity index (χ3n) is 5.81. The first-order chi connectivity index (χ1) is 14.8. The van der Waals surface area contributed by atoms with Crippen LogP contribution in [0.3, 0.4) is 0 Å². The number of halogens is 1. The van der Waals surface area contributed by atoms with Crippen LogP contribution in [0.15, 0.2) is 48.5 Å². The minimum atomic E-state index is -0.260. The number of carbonyl (C=O) groups excluding carboxylic acids is 2. The molecule has 166 valence electrons. The molecular weight excluding hydrogens is 393 g/mol. The number of rotatable bonds is 5. The summed E-state index contributed by atoms with van der Waals surface area (Å²) in [5.74, 6) is -0.474. The van der Waals surface area contributed by atoms with Gasteiger partial charge >= 0.3 is 6.03 Å². The maximum Gasteiger partial charge on any atom is 0.318 e. The molecule has 6 heteroatoms. The van der Waals surface area contributed by atoms with Crippen LogP contribution in [0.4, 0.5) is 9.18 Å². The van der Waals surface area contributed by atoms with E-state index in [1.165, 1.54) is 6.07 Å². The molecule has 2 atom stereocenters. The van der Waals surface area contributed by atoms with Gasteiger partial charge in [0.2, 0.25) is 5.91 Å². The molecule has 1 aliphatic heterocycles. The van der Waals surface area contributed by atoms with Crippen molar-refractivity contribution in [3.63, 3.8) is 0 Å². The first-order valence-electron chi connectivity index (χ1n) is 10.9. The van der Waals surface area contributed by atoms with Crippen molar-refractivity contribution in [2.45, 2.75) is 52.2 Å². The summed E-state index contributed by atoms with van der Waals surface area (Å²) >= 11 is 0. The van der Waals surface area contributed by atoms with Gasteiger partial charge in [0.15, 0.2) is 0 Å². The number of amides is 3. The highest BCUT2D eigenvalue weighted by atomic mass is 19.1. The van der Waals surface area contributed by atoms with Crippen molar-refractivity contribution in [3.8, 4) is 0 Å². The van der Waals surface area contributed by atoms with Crippen LogP contribution in [0.25, 0.3) is 0 Å². The Balaban J connectivity index is 1.77. The van der Waals surface area contributed by atoms with E-state index < -0.39 is 0 Å². The maximum absolute atomic E-state index is 13.8. The van der Waals surface area contributed by atoms with Crippen molar-refractivity contribution in [1.82, 2.24) is 15.1 Å². The molecule has 1 aliphatic rings. The van der Waals surface area contributed by atoms with Crippen molar-refractivity contribution < 1.29 is 14.0 Å². The van der Waals surface area contributed by atoms with E-state index in [0.717, 1.165) is 11.1 Å². The van der Waals surface area contributed by atoms with Gasteiger partial charge in [-0.2, -0.15) is 0 Å². The topological polar surface area (TPSA) is 52.7 Å². The smallest absolute Gasteiger partial charge is 0.318 e. The lowest BCUT2D eigenvalue weighted by molar-refractivity contribution is -0.136. The number of nitrogens with zero attached hydrogens (tertiary/aromatic N) is 2. The lowest BCUT2D eigenvalue weighted by atomic mass is 9.87. The van der Waals surface area contributed by atoms with Crippen LogP contribution in [0.2, 0.25) is 0 Å². The van der Waals surface area contributed by atoms with Crippen molar-refractivity contribution in [2.24, 2.45) is 5.92 Å². The Morgan fingerprint density at radius 2 is 1.87 bits per heavy atom. The van der Waals surface area contributed by atoms with Gasteiger partial charge in [-0.15, -0.1) is 0 Å². The highest BCUT2D eigenvalue weighted by Gasteiger charge is 2.37. The number of urea groups is 1. The molecule has 2 unspecified atom stereocenters. The quantitative estimate of drug-likeness (QED) is 0.757. The average molecular weight is 426 g/mol. The van der Waals surface area contributed by atoms with Gasteiger partial charge in [-0.3, -0.25) is 4.79 Å². The largest absolute Gasteiger partial charge is 0.341 e. The zero-order valence-corrected chi connectivity index (χ0v) is 18.8. The molecule has 0 bridgehead atoms. The molecule has 5 nitrogen and oxygen atoms in total. The Labute approximate surface area is 184 Å². The van der Waals surface area contributed by atoms with Crippen molar-refractivity contribution in [1.29, 1.82) is 0 Å². The number of nitrogens with one attached hydrogen (secondary N) is 1. The van der Waals surface area contributed by atoms with E-state index >= 15 is 0 Å². The molecule has 3 rings (SSSR count). The molecule has 3 amide bonds. The standard InChI is InChI=1S/C25H32FN3O2/c1-17(2)27-25(31)29-16-21(24(30)28(4)15-19-8-6-5-7-9-19)11-13-23(29)20-10-12-22(26)18(3)14-20/h5-10,12,14,17,21,23H,11,13,15-16H2,1-4H3,(H,27,31). The first-order valence-corrected chi connectivity index (χ1v) is 10.9. The third-order valence-corrected chi connectivity index (χ3v) is 5.81. The van der Waals surface area contributed by atoms with Crippen molar-refractivity contribution >= 4 is 11.9 Å². The Morgan fingerprint density at radius 3 is 2.52 bits per heavy atom. The van der Waals surface area contributed by atoms with E-state index in [-0.39, 0.29) is 35.8 Å². The number of carbonyl (C=O) groups is 2. The maximum atomic E-state index is 13.8. The number of likely N-dealkylation sites (tertiary alicyclic amines) is 1. The second-order valence-electron chi connectivity index (χ2n) is 8.74. The zero-order chi connectivity index (χ0) is 22.5. The molecule has 2 aromatic carbocycles. The molecule has 31 heavy (non-hydrogen) atoms. The minimum Gasteiger partial charge on any atom is -0.341 e. The molecule has 1 N–H and O–H groups in total. The minimum absolute atomic E-state index is 0.0139. The van der Waals surface area contributed by atoms with Gasteiger partial charge in [0.25, 0.3) is 0 Å². The Kier molecular flexibility index (Phi) is 7.31. The molecule has 0 radical (unpaired) electrons. The SMILES string of the molecule is Cc1cc(C2CCC(C(=O)N(C)Cc3ccccc3)CN2C(=O)NC(C)C)ccc1F. The van der Waals surface area contributed by atoms with Crippen LogP contribution in [0.5, 0.6) is 0 Å². The summed E-state index contributed by atoms with van der Waals surface area (Å²) in [6.45, 7) is 6.43. The fraction of sp³-hybridized carbons (Fsp3) is 0.440. The molecule has 0 aromatic heterocycles. The summed E-state index contributed by atoms with van der Waals surface area (Å²) in [4.78, 5) is 29.6. The lowest BCUT2D eigenvalue weighted by Gasteiger charge is -2.40. The average Bonchev–Trinajstić information content (AvgIpc) is 2.75. The highest BCUT2D eigenvalue weighted by Crippen LogP contribution is 2.35. The molecule has 0 aliphatic carbocycles. The van der Waals surface area contributed by atoms with Crippen LogP contribution in [0, 0.1) is 18.7 Å². The summed E-state index contributed by atoms with van der Waals surface area (Å²) in [6.07, 6.45) is 1.34. The van der Waals surface area contributed by atoms with E-state index in [4.69, 9.17) is 0 Å². The van der Waals surface area contributed by atoms with Crippen LogP contribution < -0.4 is 5.32 Å². The lowest BCUT2D eigenvalue weighted by Crippen LogP contribution is -2.51. The zero-order valence-electron chi connectivity index (χ0n) is 18.8. The van der Waals surface area contributed by atoms with Gasteiger partial charge in [-0.1, -0.05) is 42.5 Å². The van der Waals surface area contributed by atoms with Gasteiger partial charge in [-0.25, -0.2) is 9.18 Å². The summed E-state index contributed by atoms with van der Waals surface area (Å²) in [6, 6.07) is 14.5. The van der Waals surface area contributed by atoms with Gasteiger partial charge in [0.05, 0.1) is 12.0 Å². The van der Waals surface area contributed by atoms with E-state index in [0.29, 0.717) is 31.5 Å². The third kappa shape index (κ3) is 5.63. The van der Waals surface area contributed by atoms with Crippen LogP contribution in [-0.4, -0.2) is 41.4 Å².